The van der Waals surface area contributed by atoms with Crippen molar-refractivity contribution in [3.8, 4) is 0 Å². The molecule has 0 radical (unpaired) electrons. The van der Waals surface area contributed by atoms with Gasteiger partial charge in [-0.25, -0.2) is 8.78 Å². The number of likely N-dealkylation sites (tertiary alicyclic amines) is 1. The van der Waals surface area contributed by atoms with Crippen LogP contribution in [0.15, 0.2) is 36.5 Å². The number of halogens is 2. The van der Waals surface area contributed by atoms with Gasteiger partial charge in [-0.05, 0) is 24.7 Å². The molecular weight excluding hydrogens is 234 g/mol. The van der Waals surface area contributed by atoms with Gasteiger partial charge in [0.05, 0.1) is 18.0 Å². The average Bonchev–Trinajstić information content (AvgIpc) is 2.61. The van der Waals surface area contributed by atoms with Crippen LogP contribution in [-0.4, -0.2) is 35.9 Å². The molecule has 2 nitrogen and oxygen atoms in total. The number of fused-ring (bicyclic) bond motifs is 1. The molecule has 3 rings (SSSR count). The average molecular weight is 248 g/mol. The Balaban J connectivity index is 2.15. The highest BCUT2D eigenvalue weighted by atomic mass is 19.3. The zero-order chi connectivity index (χ0) is 12.8. The maximum Gasteiger partial charge on any atom is 0.268 e. The predicted octanol–water partition coefficient (Wildman–Crippen LogP) is 2.90. The zero-order valence-electron chi connectivity index (χ0n) is 10.1. The highest BCUT2D eigenvalue weighted by Gasteiger charge is 2.47. The third kappa shape index (κ3) is 1.77. The third-order valence-corrected chi connectivity index (χ3v) is 3.54. The predicted molar refractivity (Wildman–Crippen MR) is 66.9 cm³/mol. The van der Waals surface area contributed by atoms with Crippen LogP contribution < -0.4 is 0 Å². The van der Waals surface area contributed by atoms with Crippen LogP contribution in [0.4, 0.5) is 8.78 Å². The quantitative estimate of drug-likeness (QED) is 0.771. The lowest BCUT2D eigenvalue weighted by Gasteiger charge is -2.19. The second-order valence-electron chi connectivity index (χ2n) is 4.93. The molecule has 94 valence electrons. The van der Waals surface area contributed by atoms with E-state index in [1.807, 2.05) is 24.3 Å². The summed E-state index contributed by atoms with van der Waals surface area (Å²) in [4.78, 5) is 5.90. The molecule has 4 heteroatoms. The molecule has 1 aliphatic rings. The summed E-state index contributed by atoms with van der Waals surface area (Å²) in [5.74, 6) is -3.41. The van der Waals surface area contributed by atoms with E-state index in [1.165, 1.54) is 0 Å². The van der Waals surface area contributed by atoms with Crippen molar-refractivity contribution in [2.75, 3.05) is 20.1 Å². The van der Waals surface area contributed by atoms with Crippen molar-refractivity contribution in [2.24, 2.45) is 0 Å². The number of nitrogens with zero attached hydrogens (tertiary/aromatic N) is 2. The number of rotatable bonds is 1. The molecule has 0 aliphatic carbocycles. The van der Waals surface area contributed by atoms with Crippen LogP contribution in [0.3, 0.4) is 0 Å². The third-order valence-electron chi connectivity index (χ3n) is 3.54. The highest BCUT2D eigenvalue weighted by molar-refractivity contribution is 5.82. The summed E-state index contributed by atoms with van der Waals surface area (Å²) in [6.45, 7) is 0.218. The molecule has 18 heavy (non-hydrogen) atoms. The Hall–Kier alpha value is -1.55. The molecule has 2 heterocycles. The minimum atomic E-state index is -2.67. The summed E-state index contributed by atoms with van der Waals surface area (Å²) in [7, 11) is 1.73. The minimum Gasteiger partial charge on any atom is -0.300 e. The van der Waals surface area contributed by atoms with Crippen LogP contribution in [0.2, 0.25) is 0 Å². The van der Waals surface area contributed by atoms with E-state index in [0.717, 1.165) is 10.9 Å². The van der Waals surface area contributed by atoms with Gasteiger partial charge in [0, 0.05) is 18.1 Å². The molecule has 0 amide bonds. The van der Waals surface area contributed by atoms with Gasteiger partial charge in [-0.1, -0.05) is 18.2 Å². The van der Waals surface area contributed by atoms with Crippen molar-refractivity contribution in [3.05, 3.63) is 42.1 Å². The Bertz CT molecular complexity index is 578. The number of para-hydroxylation sites is 1. The molecule has 1 aromatic carbocycles. The van der Waals surface area contributed by atoms with E-state index in [1.54, 1.807) is 24.2 Å². The number of aromatic nitrogens is 1. The molecule has 0 N–H and O–H groups in total. The topological polar surface area (TPSA) is 16.1 Å². The fourth-order valence-electron chi connectivity index (χ4n) is 2.73. The van der Waals surface area contributed by atoms with E-state index in [-0.39, 0.29) is 6.54 Å². The highest BCUT2D eigenvalue weighted by Crippen LogP contribution is 2.41. The van der Waals surface area contributed by atoms with E-state index in [0.29, 0.717) is 12.1 Å². The molecule has 0 saturated carbocycles. The normalized spacial score (nSPS) is 23.6. The molecule has 1 aliphatic heterocycles. The molecule has 1 aromatic heterocycles. The first-order valence-corrected chi connectivity index (χ1v) is 5.98. The second kappa shape index (κ2) is 3.99. The Morgan fingerprint density at radius 2 is 2.06 bits per heavy atom. The Labute approximate surface area is 104 Å². The van der Waals surface area contributed by atoms with E-state index in [4.69, 9.17) is 0 Å². The van der Waals surface area contributed by atoms with Gasteiger partial charge in [-0.15, -0.1) is 0 Å². The molecule has 1 fully saturated rings. The Morgan fingerprint density at radius 3 is 2.78 bits per heavy atom. The maximum absolute atomic E-state index is 14.0. The van der Waals surface area contributed by atoms with Crippen LogP contribution in [0.1, 0.15) is 11.5 Å². The van der Waals surface area contributed by atoms with Crippen LogP contribution >= 0.6 is 0 Å². The van der Waals surface area contributed by atoms with E-state index < -0.39 is 11.8 Å². The van der Waals surface area contributed by atoms with Crippen molar-refractivity contribution in [2.45, 2.75) is 11.8 Å². The van der Waals surface area contributed by atoms with Crippen molar-refractivity contribution in [1.82, 2.24) is 9.88 Å². The summed E-state index contributed by atoms with van der Waals surface area (Å²) in [5, 5.41) is 0.833. The smallest absolute Gasteiger partial charge is 0.268 e. The number of alkyl halides is 2. The largest absolute Gasteiger partial charge is 0.300 e. The lowest BCUT2D eigenvalue weighted by molar-refractivity contribution is -0.000853. The van der Waals surface area contributed by atoms with Gasteiger partial charge in [0.25, 0.3) is 5.92 Å². The molecule has 1 unspecified atom stereocenters. The Morgan fingerprint density at radius 1 is 1.28 bits per heavy atom. The minimum absolute atomic E-state index is 0.172. The number of hydrogen-bond donors (Lipinski definition) is 0. The SMILES string of the molecule is CN1CC(c2ccnc3ccccc23)C(F)(F)C1. The van der Waals surface area contributed by atoms with Gasteiger partial charge < -0.3 is 0 Å². The molecule has 2 aromatic rings. The number of benzene rings is 1. The Kier molecular flexibility index (Phi) is 2.55. The molecule has 1 saturated heterocycles. The van der Waals surface area contributed by atoms with E-state index in [9.17, 15) is 8.78 Å². The second-order valence-corrected chi connectivity index (χ2v) is 4.93. The summed E-state index contributed by atoms with van der Waals surface area (Å²) >= 11 is 0. The van der Waals surface area contributed by atoms with Gasteiger partial charge >= 0.3 is 0 Å². The first-order valence-electron chi connectivity index (χ1n) is 5.98. The lowest BCUT2D eigenvalue weighted by Crippen LogP contribution is -2.25. The van der Waals surface area contributed by atoms with Crippen LogP contribution in [0.5, 0.6) is 0 Å². The maximum atomic E-state index is 14.0. The summed E-state index contributed by atoms with van der Waals surface area (Å²) < 4.78 is 28.0. The van der Waals surface area contributed by atoms with Crippen LogP contribution in [0, 0.1) is 0 Å². The van der Waals surface area contributed by atoms with Crippen LogP contribution in [-0.2, 0) is 0 Å². The fourth-order valence-corrected chi connectivity index (χ4v) is 2.73. The van der Waals surface area contributed by atoms with Crippen molar-refractivity contribution < 1.29 is 8.78 Å². The first kappa shape index (κ1) is 11.5. The lowest BCUT2D eigenvalue weighted by atomic mass is 9.92. The molecule has 1 atom stereocenters. The first-order chi connectivity index (χ1) is 8.58. The van der Waals surface area contributed by atoms with Crippen molar-refractivity contribution in [3.63, 3.8) is 0 Å². The summed E-state index contributed by atoms with van der Waals surface area (Å²) in [6.07, 6.45) is 1.62. The van der Waals surface area contributed by atoms with Gasteiger partial charge in [0.15, 0.2) is 0 Å². The molecule has 0 bridgehead atoms. The van der Waals surface area contributed by atoms with Crippen LogP contribution in [0.25, 0.3) is 10.9 Å². The summed E-state index contributed by atoms with van der Waals surface area (Å²) in [6, 6.07) is 9.18. The summed E-state index contributed by atoms with van der Waals surface area (Å²) in [5.41, 5.74) is 1.48. The standard InChI is InChI=1S/C14H14F2N2/c1-18-8-12(14(15,16)9-18)10-6-7-17-13-5-3-2-4-11(10)13/h2-7,12H,8-9H2,1H3. The molecule has 0 spiro atoms. The fraction of sp³-hybridized carbons (Fsp3) is 0.357. The number of pyridine rings is 1. The number of hydrogen-bond acceptors (Lipinski definition) is 2. The monoisotopic (exact) mass is 248 g/mol. The van der Waals surface area contributed by atoms with Crippen molar-refractivity contribution in [1.29, 1.82) is 0 Å². The van der Waals surface area contributed by atoms with Gasteiger partial charge in [0.2, 0.25) is 0 Å². The van der Waals surface area contributed by atoms with E-state index >= 15 is 0 Å². The van der Waals surface area contributed by atoms with Gasteiger partial charge in [-0.2, -0.15) is 0 Å². The van der Waals surface area contributed by atoms with Gasteiger partial charge in [0.1, 0.15) is 0 Å². The molecular formula is C14H14F2N2. The number of likely N-dealkylation sites (N-methyl/N-ethyl adjacent to an activating group) is 1. The zero-order valence-corrected chi connectivity index (χ0v) is 10.1. The van der Waals surface area contributed by atoms with Gasteiger partial charge in [-0.3, -0.25) is 9.88 Å². The van der Waals surface area contributed by atoms with Crippen molar-refractivity contribution >= 4 is 10.9 Å². The van der Waals surface area contributed by atoms with E-state index in [2.05, 4.69) is 4.98 Å².